The Bertz CT molecular complexity index is 1010. The van der Waals surface area contributed by atoms with Crippen LogP contribution < -0.4 is 21.3 Å². The third-order valence-corrected chi connectivity index (χ3v) is 4.05. The molecule has 138 valence electrons. The number of fused-ring (bicyclic) bond motifs is 1. The zero-order valence-corrected chi connectivity index (χ0v) is 13.2. The molecule has 2 aromatic rings. The molecular weight excluding hydrogens is 359 g/mol. The molecule has 26 heavy (non-hydrogen) atoms. The average molecular weight is 371 g/mol. The molecule has 0 saturated heterocycles. The lowest BCUT2D eigenvalue weighted by Gasteiger charge is -2.22. The van der Waals surface area contributed by atoms with Crippen LogP contribution in [-0.2, 0) is 16.9 Å². The molecular formula is C15H12F3N3O5. The number of aliphatic hydroxyl groups is 1. The minimum absolute atomic E-state index is 0.309. The highest BCUT2D eigenvalue weighted by Crippen LogP contribution is 2.44. The second-order valence-electron chi connectivity index (χ2n) is 5.54. The van der Waals surface area contributed by atoms with E-state index < -0.39 is 40.3 Å². The van der Waals surface area contributed by atoms with Gasteiger partial charge in [0.25, 0.3) is 17.1 Å². The van der Waals surface area contributed by atoms with E-state index in [2.05, 4.69) is 0 Å². The Morgan fingerprint density at radius 3 is 2.50 bits per heavy atom. The number of halogens is 3. The van der Waals surface area contributed by atoms with Crippen LogP contribution in [0, 0.1) is 0 Å². The Morgan fingerprint density at radius 1 is 1.23 bits per heavy atom. The van der Waals surface area contributed by atoms with Gasteiger partial charge < -0.3 is 15.2 Å². The number of H-pyrrole nitrogens is 1. The van der Waals surface area contributed by atoms with Crippen LogP contribution in [0.1, 0.15) is 11.1 Å². The fraction of sp³-hybridized carbons (Fsp3) is 0.267. The van der Waals surface area contributed by atoms with Gasteiger partial charge in [-0.15, -0.1) is 0 Å². The molecule has 1 aromatic carbocycles. The summed E-state index contributed by atoms with van der Waals surface area (Å²) in [5.41, 5.74) is -7.47. The van der Waals surface area contributed by atoms with Crippen molar-refractivity contribution in [2.24, 2.45) is 0 Å². The largest absolute Gasteiger partial charge is 0.496 e. The minimum Gasteiger partial charge on any atom is -0.496 e. The van der Waals surface area contributed by atoms with Gasteiger partial charge in [0, 0.05) is 5.56 Å². The third-order valence-electron chi connectivity index (χ3n) is 4.05. The van der Waals surface area contributed by atoms with Gasteiger partial charge in [-0.3, -0.25) is 19.1 Å². The van der Waals surface area contributed by atoms with Gasteiger partial charge in [0.05, 0.1) is 13.7 Å². The van der Waals surface area contributed by atoms with Gasteiger partial charge in [-0.25, -0.2) is 4.79 Å². The maximum absolute atomic E-state index is 13.3. The van der Waals surface area contributed by atoms with E-state index in [4.69, 9.17) is 4.74 Å². The Hall–Kier alpha value is -3.08. The van der Waals surface area contributed by atoms with Crippen molar-refractivity contribution in [2.75, 3.05) is 12.4 Å². The van der Waals surface area contributed by atoms with E-state index in [0.29, 0.717) is 11.3 Å². The van der Waals surface area contributed by atoms with Crippen molar-refractivity contribution < 1.29 is 27.8 Å². The van der Waals surface area contributed by atoms with Gasteiger partial charge in [0.1, 0.15) is 17.1 Å². The number of nitrogens with one attached hydrogen (secondary N) is 2. The van der Waals surface area contributed by atoms with Gasteiger partial charge in [-0.1, -0.05) is 18.2 Å². The highest BCUT2D eigenvalue weighted by molar-refractivity contribution is 6.04. The van der Waals surface area contributed by atoms with Crippen LogP contribution in [0.3, 0.4) is 0 Å². The molecule has 1 atom stereocenters. The fourth-order valence-electron chi connectivity index (χ4n) is 2.77. The molecule has 1 amide bonds. The first-order valence-corrected chi connectivity index (χ1v) is 7.21. The van der Waals surface area contributed by atoms with E-state index in [1.54, 1.807) is 34.6 Å². The van der Waals surface area contributed by atoms with Gasteiger partial charge in [0.2, 0.25) is 0 Å². The van der Waals surface area contributed by atoms with Crippen molar-refractivity contribution >= 4 is 11.7 Å². The number of carbonyl (C=O) groups excluding carboxylic acids is 1. The molecule has 0 radical (unpaired) electrons. The molecule has 0 spiro atoms. The molecule has 1 aromatic heterocycles. The number of hydrogen-bond acceptors (Lipinski definition) is 5. The molecule has 11 heteroatoms. The molecule has 8 nitrogen and oxygen atoms in total. The summed E-state index contributed by atoms with van der Waals surface area (Å²) in [5.74, 6) is -2.23. The van der Waals surface area contributed by atoms with Crippen LogP contribution in [0.4, 0.5) is 19.0 Å². The lowest BCUT2D eigenvalue weighted by atomic mass is 9.97. The smallest absolute Gasteiger partial charge is 0.431 e. The average Bonchev–Trinajstić information content (AvgIpc) is 2.84. The molecule has 0 unspecified atom stereocenters. The Kier molecular flexibility index (Phi) is 3.91. The third kappa shape index (κ3) is 2.39. The molecule has 3 N–H and O–H groups in total. The normalized spacial score (nSPS) is 19.2. The number of nitrogens with zero attached hydrogens (tertiary/aromatic N) is 1. The number of anilines is 1. The number of para-hydroxylation sites is 1. The molecule has 1 aliphatic heterocycles. The lowest BCUT2D eigenvalue weighted by molar-refractivity contribution is -0.252. The van der Waals surface area contributed by atoms with E-state index >= 15 is 0 Å². The second kappa shape index (κ2) is 5.73. The van der Waals surface area contributed by atoms with Crippen molar-refractivity contribution in [3.63, 3.8) is 0 Å². The second-order valence-corrected chi connectivity index (χ2v) is 5.54. The van der Waals surface area contributed by atoms with Crippen LogP contribution in [0.5, 0.6) is 5.75 Å². The van der Waals surface area contributed by atoms with Gasteiger partial charge in [-0.05, 0) is 6.07 Å². The summed E-state index contributed by atoms with van der Waals surface area (Å²) in [4.78, 5) is 37.6. The zero-order chi connectivity index (χ0) is 19.3. The number of rotatable bonds is 3. The summed E-state index contributed by atoms with van der Waals surface area (Å²) in [6, 6.07) is 6.37. The molecule has 0 aliphatic carbocycles. The molecule has 1 aliphatic rings. The van der Waals surface area contributed by atoms with E-state index in [9.17, 15) is 32.7 Å². The first-order chi connectivity index (χ1) is 12.1. The molecule has 3 rings (SSSR count). The topological polar surface area (TPSA) is 113 Å². The molecule has 0 saturated carbocycles. The van der Waals surface area contributed by atoms with Crippen molar-refractivity contribution in [2.45, 2.75) is 18.3 Å². The van der Waals surface area contributed by atoms with Crippen molar-refractivity contribution in [3.05, 3.63) is 56.2 Å². The molecule has 2 heterocycles. The SMILES string of the molecule is COc1ccccc1Cn1c2c(c(=O)[nH]c1=O)[C@](O)(C(F)(F)F)C(=O)N2. The number of alkyl halides is 3. The number of hydrogen-bond donors (Lipinski definition) is 3. The summed E-state index contributed by atoms with van der Waals surface area (Å²) in [7, 11) is 1.36. The van der Waals surface area contributed by atoms with Crippen LogP contribution in [-0.4, -0.2) is 33.9 Å². The van der Waals surface area contributed by atoms with E-state index in [-0.39, 0.29) is 6.54 Å². The highest BCUT2D eigenvalue weighted by atomic mass is 19.4. The fourth-order valence-corrected chi connectivity index (χ4v) is 2.77. The first-order valence-electron chi connectivity index (χ1n) is 7.21. The summed E-state index contributed by atoms with van der Waals surface area (Å²) in [6.45, 7) is -0.309. The predicted molar refractivity (Wildman–Crippen MR) is 82.0 cm³/mol. The number of aromatic nitrogens is 2. The number of aromatic amines is 1. The molecule has 0 fully saturated rings. The number of methoxy groups -OCH3 is 1. The Balaban J connectivity index is 2.24. The van der Waals surface area contributed by atoms with E-state index in [0.717, 1.165) is 4.57 Å². The first kappa shape index (κ1) is 17.7. The van der Waals surface area contributed by atoms with Crippen LogP contribution in [0.15, 0.2) is 33.9 Å². The van der Waals surface area contributed by atoms with Crippen LogP contribution in [0.2, 0.25) is 0 Å². The monoisotopic (exact) mass is 371 g/mol. The Morgan fingerprint density at radius 2 is 1.88 bits per heavy atom. The van der Waals surface area contributed by atoms with Crippen LogP contribution in [0.25, 0.3) is 0 Å². The summed E-state index contributed by atoms with van der Waals surface area (Å²) >= 11 is 0. The standard InChI is InChI=1S/C15H12F3N3O5/c1-26-8-5-3-2-4-7(8)6-21-10-9(11(22)20-13(21)24)14(25,12(23)19-10)15(16,17)18/h2-5,25H,6H2,1H3,(H,19,23)(H,20,22,24)/t14-/m1/s1. The minimum atomic E-state index is -5.46. The number of benzene rings is 1. The van der Waals surface area contributed by atoms with Gasteiger partial charge >= 0.3 is 11.9 Å². The maximum Gasteiger partial charge on any atom is 0.431 e. The quantitative estimate of drug-likeness (QED) is 0.718. The molecule has 0 bridgehead atoms. The summed E-state index contributed by atoms with van der Waals surface area (Å²) < 4.78 is 45.6. The number of amides is 1. The van der Waals surface area contributed by atoms with Crippen molar-refractivity contribution in [3.8, 4) is 5.75 Å². The predicted octanol–water partition coefficient (Wildman–Crippen LogP) is 0.295. The Labute approximate surface area is 142 Å². The van der Waals surface area contributed by atoms with Crippen LogP contribution >= 0.6 is 0 Å². The van der Waals surface area contributed by atoms with E-state index in [1.165, 1.54) is 7.11 Å². The number of ether oxygens (including phenoxy) is 1. The lowest BCUT2D eigenvalue weighted by Crippen LogP contribution is -2.50. The number of carbonyl (C=O) groups is 1. The van der Waals surface area contributed by atoms with Crippen molar-refractivity contribution in [1.29, 1.82) is 0 Å². The highest BCUT2D eigenvalue weighted by Gasteiger charge is 2.66. The summed E-state index contributed by atoms with van der Waals surface area (Å²) in [5, 5.41) is 11.7. The zero-order valence-electron chi connectivity index (χ0n) is 13.2. The summed E-state index contributed by atoms with van der Waals surface area (Å²) in [6.07, 6.45) is -5.46. The van der Waals surface area contributed by atoms with Gasteiger partial charge in [0.15, 0.2) is 0 Å². The maximum atomic E-state index is 13.3. The van der Waals surface area contributed by atoms with Gasteiger partial charge in [-0.2, -0.15) is 13.2 Å². The van der Waals surface area contributed by atoms with Crippen molar-refractivity contribution in [1.82, 2.24) is 9.55 Å². The van der Waals surface area contributed by atoms with E-state index in [1.807, 2.05) is 0 Å².